The van der Waals surface area contributed by atoms with Gasteiger partial charge in [0, 0.05) is 30.0 Å². The van der Waals surface area contributed by atoms with Gasteiger partial charge in [0.1, 0.15) is 10.8 Å². The molecule has 0 saturated carbocycles. The maximum absolute atomic E-state index is 12.6. The zero-order valence-corrected chi connectivity index (χ0v) is 20.8. The number of carbonyl (C=O) groups excluding carboxylic acids is 2. The third-order valence-electron chi connectivity index (χ3n) is 5.71. The van der Waals surface area contributed by atoms with Crippen LogP contribution in [0.2, 0.25) is 0 Å². The van der Waals surface area contributed by atoms with E-state index in [1.165, 1.54) is 40.6 Å². The van der Waals surface area contributed by atoms with Crippen molar-refractivity contribution in [3.8, 4) is 0 Å². The Bertz CT molecular complexity index is 1170. The van der Waals surface area contributed by atoms with E-state index in [9.17, 15) is 9.59 Å². The van der Waals surface area contributed by atoms with Crippen LogP contribution in [0.5, 0.6) is 0 Å². The Morgan fingerprint density at radius 3 is 2.82 bits per heavy atom. The molecule has 0 radical (unpaired) electrons. The number of hydrogen-bond donors (Lipinski definition) is 1. The van der Waals surface area contributed by atoms with Gasteiger partial charge in [-0.05, 0) is 36.8 Å². The minimum absolute atomic E-state index is 0.128. The van der Waals surface area contributed by atoms with E-state index in [4.69, 9.17) is 4.74 Å². The molecule has 178 valence electrons. The number of hydrogen-bond acceptors (Lipinski definition) is 7. The van der Waals surface area contributed by atoms with Crippen LogP contribution in [-0.2, 0) is 41.8 Å². The zero-order valence-electron chi connectivity index (χ0n) is 19.2. The Morgan fingerprint density at radius 2 is 2.06 bits per heavy atom. The van der Waals surface area contributed by atoms with Gasteiger partial charge in [0.05, 0.1) is 12.7 Å². The maximum atomic E-state index is 12.6. The maximum Gasteiger partial charge on any atom is 0.341 e. The summed E-state index contributed by atoms with van der Waals surface area (Å²) in [7, 11) is 1.37. The first-order valence-corrected chi connectivity index (χ1v) is 13.1. The second-order valence-corrected chi connectivity index (χ2v) is 10.2. The Hall–Kier alpha value is -2.91. The first kappa shape index (κ1) is 24.2. The zero-order chi connectivity index (χ0) is 23.9. The van der Waals surface area contributed by atoms with Crippen molar-refractivity contribution in [3.63, 3.8) is 0 Å². The lowest BCUT2D eigenvalue weighted by atomic mass is 10.1. The Balaban J connectivity index is 1.34. The molecule has 2 aromatic heterocycles. The first-order chi connectivity index (χ1) is 16.6. The summed E-state index contributed by atoms with van der Waals surface area (Å²) in [6.45, 7) is 4.48. The van der Waals surface area contributed by atoms with Crippen molar-refractivity contribution in [1.82, 2.24) is 14.8 Å². The molecule has 0 spiro atoms. The van der Waals surface area contributed by atoms with Gasteiger partial charge >= 0.3 is 5.97 Å². The molecule has 0 atom stereocenters. The molecule has 1 N–H and O–H groups in total. The molecule has 2 heterocycles. The number of ether oxygens (including phenoxy) is 1. The van der Waals surface area contributed by atoms with Crippen LogP contribution in [0, 0.1) is 0 Å². The van der Waals surface area contributed by atoms with E-state index in [1.807, 2.05) is 24.3 Å². The molecule has 0 fully saturated rings. The number of aryl methyl sites for hydroxylation is 3. The van der Waals surface area contributed by atoms with Crippen LogP contribution >= 0.6 is 23.1 Å². The molecule has 0 bridgehead atoms. The SMILES string of the molecule is C=CCn1c(CCc2ccccc2)nnc1SCCC(=O)Nc1sc2c(c1C(=O)OC)CCC2. The molecule has 0 aliphatic heterocycles. The lowest BCUT2D eigenvalue weighted by Crippen LogP contribution is -2.15. The van der Waals surface area contributed by atoms with Crippen LogP contribution in [-0.4, -0.2) is 39.5 Å². The van der Waals surface area contributed by atoms with Crippen LogP contribution in [0.1, 0.15) is 45.0 Å². The largest absolute Gasteiger partial charge is 0.465 e. The summed E-state index contributed by atoms with van der Waals surface area (Å²) in [6, 6.07) is 10.3. The van der Waals surface area contributed by atoms with Gasteiger partial charge in [0.25, 0.3) is 0 Å². The molecular formula is C25H28N4O3S2. The average molecular weight is 497 g/mol. The number of allylic oxidation sites excluding steroid dienone is 1. The normalized spacial score (nSPS) is 12.4. The van der Waals surface area contributed by atoms with Crippen LogP contribution in [0.3, 0.4) is 0 Å². The first-order valence-electron chi connectivity index (χ1n) is 11.3. The van der Waals surface area contributed by atoms with E-state index in [-0.39, 0.29) is 11.9 Å². The standard InChI is InChI=1S/C25H28N4O3S2/c1-3-15-29-20(13-12-17-8-5-4-6-9-17)27-28-25(29)33-16-14-21(30)26-23-22(24(31)32-2)18-10-7-11-19(18)34-23/h3-6,8-9H,1,7,10-16H2,2H3,(H,26,30). The van der Waals surface area contributed by atoms with Gasteiger partial charge < -0.3 is 14.6 Å². The third-order valence-corrected chi connectivity index (χ3v) is 7.89. The van der Waals surface area contributed by atoms with E-state index in [1.54, 1.807) is 0 Å². The van der Waals surface area contributed by atoms with Crippen molar-refractivity contribution in [2.45, 2.75) is 50.2 Å². The summed E-state index contributed by atoms with van der Waals surface area (Å²) in [6.07, 6.45) is 6.63. The highest BCUT2D eigenvalue weighted by atomic mass is 32.2. The quantitative estimate of drug-likeness (QED) is 0.235. The molecule has 1 amide bonds. The highest BCUT2D eigenvalue weighted by Crippen LogP contribution is 2.39. The summed E-state index contributed by atoms with van der Waals surface area (Å²) in [5.41, 5.74) is 2.81. The summed E-state index contributed by atoms with van der Waals surface area (Å²) in [4.78, 5) is 26.1. The van der Waals surface area contributed by atoms with Gasteiger partial charge in [-0.3, -0.25) is 4.79 Å². The van der Waals surface area contributed by atoms with Gasteiger partial charge in [-0.15, -0.1) is 28.1 Å². The monoisotopic (exact) mass is 496 g/mol. The molecular weight excluding hydrogens is 468 g/mol. The molecule has 9 heteroatoms. The highest BCUT2D eigenvalue weighted by Gasteiger charge is 2.28. The van der Waals surface area contributed by atoms with Crippen LogP contribution < -0.4 is 5.32 Å². The number of esters is 1. The molecule has 34 heavy (non-hydrogen) atoms. The molecule has 4 rings (SSSR count). The molecule has 7 nitrogen and oxygen atoms in total. The topological polar surface area (TPSA) is 86.1 Å². The molecule has 1 aliphatic rings. The van der Waals surface area contributed by atoms with Gasteiger partial charge in [-0.1, -0.05) is 48.2 Å². The second-order valence-electron chi connectivity index (χ2n) is 7.98. The molecule has 1 aromatic carbocycles. The summed E-state index contributed by atoms with van der Waals surface area (Å²) < 4.78 is 7.01. The van der Waals surface area contributed by atoms with E-state index in [0.717, 1.165) is 48.6 Å². The fraction of sp³-hybridized carbons (Fsp3) is 0.360. The Morgan fingerprint density at radius 1 is 1.24 bits per heavy atom. The number of anilines is 1. The number of carbonyl (C=O) groups is 2. The van der Waals surface area contributed by atoms with Crippen molar-refractivity contribution in [1.29, 1.82) is 0 Å². The van der Waals surface area contributed by atoms with E-state index < -0.39 is 0 Å². The number of aromatic nitrogens is 3. The molecule has 1 aliphatic carbocycles. The molecule has 3 aromatic rings. The number of nitrogens with one attached hydrogen (secondary N) is 1. The van der Waals surface area contributed by atoms with Crippen LogP contribution in [0.4, 0.5) is 5.00 Å². The average Bonchev–Trinajstić information content (AvgIpc) is 3.53. The van der Waals surface area contributed by atoms with Crippen molar-refractivity contribution < 1.29 is 14.3 Å². The number of methoxy groups -OCH3 is 1. The highest BCUT2D eigenvalue weighted by molar-refractivity contribution is 7.99. The minimum atomic E-state index is -0.385. The van der Waals surface area contributed by atoms with Crippen molar-refractivity contribution in [3.05, 3.63) is 70.4 Å². The fourth-order valence-electron chi connectivity index (χ4n) is 4.06. The number of thiophene rings is 1. The minimum Gasteiger partial charge on any atom is -0.465 e. The van der Waals surface area contributed by atoms with Gasteiger partial charge in [-0.25, -0.2) is 4.79 Å². The second kappa shape index (κ2) is 11.5. The number of rotatable bonds is 11. The Labute approximate surface area is 207 Å². The van der Waals surface area contributed by atoms with E-state index in [0.29, 0.717) is 29.3 Å². The summed E-state index contributed by atoms with van der Waals surface area (Å²) >= 11 is 2.99. The van der Waals surface area contributed by atoms with Gasteiger partial charge in [0.15, 0.2) is 5.16 Å². The van der Waals surface area contributed by atoms with Crippen LogP contribution in [0.15, 0.2) is 48.1 Å². The predicted octanol–water partition coefficient (Wildman–Crippen LogP) is 4.71. The smallest absolute Gasteiger partial charge is 0.341 e. The number of benzene rings is 1. The molecule has 0 saturated heterocycles. The third kappa shape index (κ3) is 5.59. The van der Waals surface area contributed by atoms with E-state index >= 15 is 0 Å². The van der Waals surface area contributed by atoms with Gasteiger partial charge in [-0.2, -0.15) is 0 Å². The van der Waals surface area contributed by atoms with Crippen molar-refractivity contribution >= 4 is 40.0 Å². The lowest BCUT2D eigenvalue weighted by molar-refractivity contribution is -0.115. The lowest BCUT2D eigenvalue weighted by Gasteiger charge is -2.09. The molecule has 0 unspecified atom stereocenters. The number of amides is 1. The number of thioether (sulfide) groups is 1. The van der Waals surface area contributed by atoms with Gasteiger partial charge in [0.2, 0.25) is 5.91 Å². The Kier molecular flexibility index (Phi) is 8.18. The number of nitrogens with zero attached hydrogens (tertiary/aromatic N) is 3. The summed E-state index contributed by atoms with van der Waals surface area (Å²) in [5.74, 6) is 0.950. The van der Waals surface area contributed by atoms with Crippen molar-refractivity contribution in [2.24, 2.45) is 0 Å². The van der Waals surface area contributed by atoms with E-state index in [2.05, 4.69) is 38.8 Å². The summed E-state index contributed by atoms with van der Waals surface area (Å²) in [5, 5.41) is 13.0. The van der Waals surface area contributed by atoms with Crippen LogP contribution in [0.25, 0.3) is 0 Å². The number of fused-ring (bicyclic) bond motifs is 1. The predicted molar refractivity (Wildman–Crippen MR) is 136 cm³/mol. The van der Waals surface area contributed by atoms with Crippen molar-refractivity contribution in [2.75, 3.05) is 18.2 Å². The fourth-order valence-corrected chi connectivity index (χ4v) is 6.26.